The van der Waals surface area contributed by atoms with Crippen LogP contribution in [0.3, 0.4) is 0 Å². The maximum atomic E-state index is 13.4. The number of carbonyl (C=O) groups is 1. The third kappa shape index (κ3) is 3.75. The number of aryl methyl sites for hydroxylation is 1. The molecule has 4 rings (SSSR count). The van der Waals surface area contributed by atoms with E-state index in [-0.39, 0.29) is 11.9 Å². The van der Waals surface area contributed by atoms with E-state index in [9.17, 15) is 14.0 Å². The lowest BCUT2D eigenvalue weighted by atomic mass is 10.2. The van der Waals surface area contributed by atoms with E-state index >= 15 is 0 Å². The first-order chi connectivity index (χ1) is 14.0. The molecule has 29 heavy (non-hydrogen) atoms. The maximum absolute atomic E-state index is 13.4. The highest BCUT2D eigenvalue weighted by molar-refractivity contribution is 5.91. The minimum Gasteiger partial charge on any atom is -0.325 e. The van der Waals surface area contributed by atoms with Crippen LogP contribution in [0.4, 0.5) is 10.1 Å². The summed E-state index contributed by atoms with van der Waals surface area (Å²) in [4.78, 5) is 29.1. The molecule has 0 aliphatic carbocycles. The van der Waals surface area contributed by atoms with E-state index in [1.54, 1.807) is 24.5 Å². The van der Waals surface area contributed by atoms with Gasteiger partial charge in [-0.15, -0.1) is 10.2 Å². The fourth-order valence-electron chi connectivity index (χ4n) is 3.05. The summed E-state index contributed by atoms with van der Waals surface area (Å²) in [5.74, 6) is -0.241. The quantitative estimate of drug-likeness (QED) is 0.563. The number of nitrogens with zero attached hydrogens (tertiary/aromatic N) is 5. The third-order valence-electron chi connectivity index (χ3n) is 4.46. The second-order valence-electron chi connectivity index (χ2n) is 6.41. The Bertz CT molecular complexity index is 1260. The van der Waals surface area contributed by atoms with Gasteiger partial charge in [0.15, 0.2) is 5.82 Å². The van der Waals surface area contributed by atoms with Crippen LogP contribution in [0.2, 0.25) is 0 Å². The van der Waals surface area contributed by atoms with Gasteiger partial charge in [0.2, 0.25) is 5.91 Å². The zero-order chi connectivity index (χ0) is 20.4. The molecule has 0 radical (unpaired) electrons. The van der Waals surface area contributed by atoms with Crippen LogP contribution in [0.1, 0.15) is 6.92 Å². The first-order valence-corrected chi connectivity index (χ1v) is 8.98. The van der Waals surface area contributed by atoms with Crippen LogP contribution >= 0.6 is 0 Å². The number of aromatic nitrogens is 5. The number of anilines is 1. The van der Waals surface area contributed by atoms with Gasteiger partial charge in [0.05, 0.1) is 17.2 Å². The summed E-state index contributed by atoms with van der Waals surface area (Å²) >= 11 is 0. The minimum absolute atomic E-state index is 0.126. The predicted molar refractivity (Wildman–Crippen MR) is 106 cm³/mol. The molecule has 0 saturated heterocycles. The first-order valence-electron chi connectivity index (χ1n) is 8.98. The van der Waals surface area contributed by atoms with Crippen molar-refractivity contribution in [2.75, 3.05) is 5.32 Å². The Labute approximate surface area is 164 Å². The van der Waals surface area contributed by atoms with Gasteiger partial charge in [0.25, 0.3) is 5.56 Å². The molecular weight excluding hydrogens is 375 g/mol. The standard InChI is InChI=1S/C20H17FN6O2/c1-2-26-12-23-25-19(26)13-4-3-5-15(8-13)24-18(28)10-27-11-22-17-7-6-14(21)9-16(17)20(27)29/h3-9,11-12H,2,10H2,1H3,(H,24,28). The van der Waals surface area contributed by atoms with E-state index < -0.39 is 17.3 Å². The van der Waals surface area contributed by atoms with Crippen molar-refractivity contribution in [1.29, 1.82) is 0 Å². The van der Waals surface area contributed by atoms with Crippen molar-refractivity contribution in [3.8, 4) is 11.4 Å². The number of hydrogen-bond acceptors (Lipinski definition) is 5. The Morgan fingerprint density at radius 3 is 2.83 bits per heavy atom. The van der Waals surface area contributed by atoms with Crippen LogP contribution < -0.4 is 10.9 Å². The molecule has 146 valence electrons. The van der Waals surface area contributed by atoms with Crippen LogP contribution in [0.5, 0.6) is 0 Å². The molecule has 0 spiro atoms. The summed E-state index contributed by atoms with van der Waals surface area (Å²) < 4.78 is 16.5. The summed E-state index contributed by atoms with van der Waals surface area (Å²) in [6.45, 7) is 2.46. The molecule has 0 saturated carbocycles. The molecule has 1 amide bonds. The van der Waals surface area contributed by atoms with E-state index in [0.717, 1.165) is 22.7 Å². The molecule has 1 N–H and O–H groups in total. The second-order valence-corrected chi connectivity index (χ2v) is 6.41. The third-order valence-corrected chi connectivity index (χ3v) is 4.46. The van der Waals surface area contributed by atoms with Crippen LogP contribution in [0.15, 0.2) is 59.9 Å². The van der Waals surface area contributed by atoms with E-state index in [1.165, 1.54) is 18.5 Å². The number of benzene rings is 2. The monoisotopic (exact) mass is 392 g/mol. The molecule has 2 heterocycles. The highest BCUT2D eigenvalue weighted by Crippen LogP contribution is 2.20. The van der Waals surface area contributed by atoms with Crippen molar-refractivity contribution in [1.82, 2.24) is 24.3 Å². The lowest BCUT2D eigenvalue weighted by Crippen LogP contribution is -2.28. The SMILES string of the molecule is CCn1cnnc1-c1cccc(NC(=O)Cn2cnc3ccc(F)cc3c2=O)c1. The van der Waals surface area contributed by atoms with Gasteiger partial charge in [-0.2, -0.15) is 0 Å². The summed E-state index contributed by atoms with van der Waals surface area (Å²) in [5, 5.41) is 10.9. The number of nitrogens with one attached hydrogen (secondary N) is 1. The fourth-order valence-corrected chi connectivity index (χ4v) is 3.05. The van der Waals surface area contributed by atoms with Crippen molar-refractivity contribution in [3.63, 3.8) is 0 Å². The Hall–Kier alpha value is -3.88. The molecule has 0 atom stereocenters. The smallest absolute Gasteiger partial charge is 0.261 e. The number of carbonyl (C=O) groups excluding carboxylic acids is 1. The first kappa shape index (κ1) is 18.5. The topological polar surface area (TPSA) is 94.7 Å². The average Bonchev–Trinajstić information content (AvgIpc) is 3.19. The lowest BCUT2D eigenvalue weighted by molar-refractivity contribution is -0.116. The Kier molecular flexibility index (Phi) is 4.86. The van der Waals surface area contributed by atoms with Gasteiger partial charge in [-0.25, -0.2) is 9.37 Å². The molecule has 0 aliphatic rings. The number of hydrogen-bond donors (Lipinski definition) is 1. The van der Waals surface area contributed by atoms with Crippen molar-refractivity contribution < 1.29 is 9.18 Å². The van der Waals surface area contributed by atoms with Crippen LogP contribution in [-0.4, -0.2) is 30.2 Å². The van der Waals surface area contributed by atoms with Gasteiger partial charge in [-0.1, -0.05) is 12.1 Å². The van der Waals surface area contributed by atoms with Gasteiger partial charge in [0, 0.05) is 17.8 Å². The van der Waals surface area contributed by atoms with Crippen molar-refractivity contribution in [2.24, 2.45) is 0 Å². The Morgan fingerprint density at radius 1 is 1.14 bits per heavy atom. The van der Waals surface area contributed by atoms with Gasteiger partial charge in [-0.05, 0) is 37.3 Å². The zero-order valence-electron chi connectivity index (χ0n) is 15.5. The van der Waals surface area contributed by atoms with Gasteiger partial charge in [0.1, 0.15) is 18.7 Å². The van der Waals surface area contributed by atoms with E-state index in [4.69, 9.17) is 0 Å². The fraction of sp³-hybridized carbons (Fsp3) is 0.150. The number of rotatable bonds is 5. The number of fused-ring (bicyclic) bond motifs is 1. The molecule has 2 aromatic carbocycles. The Balaban J connectivity index is 1.55. The van der Waals surface area contributed by atoms with Gasteiger partial charge < -0.3 is 9.88 Å². The average molecular weight is 392 g/mol. The lowest BCUT2D eigenvalue weighted by Gasteiger charge is -2.09. The summed E-state index contributed by atoms with van der Waals surface area (Å²) in [6.07, 6.45) is 2.92. The molecule has 0 aliphatic heterocycles. The van der Waals surface area contributed by atoms with E-state index in [2.05, 4.69) is 20.5 Å². The Morgan fingerprint density at radius 2 is 2.00 bits per heavy atom. The van der Waals surface area contributed by atoms with Crippen molar-refractivity contribution >= 4 is 22.5 Å². The normalized spacial score (nSPS) is 11.0. The second kappa shape index (κ2) is 7.63. The van der Waals surface area contributed by atoms with E-state index in [1.807, 2.05) is 17.6 Å². The van der Waals surface area contributed by atoms with Crippen molar-refractivity contribution in [2.45, 2.75) is 20.0 Å². The highest BCUT2D eigenvalue weighted by atomic mass is 19.1. The molecule has 0 bridgehead atoms. The maximum Gasteiger partial charge on any atom is 0.261 e. The van der Waals surface area contributed by atoms with E-state index in [0.29, 0.717) is 17.0 Å². The molecule has 8 nitrogen and oxygen atoms in total. The summed E-state index contributed by atoms with van der Waals surface area (Å²) in [7, 11) is 0. The number of amides is 1. The molecule has 0 unspecified atom stereocenters. The zero-order valence-corrected chi connectivity index (χ0v) is 15.5. The summed E-state index contributed by atoms with van der Waals surface area (Å²) in [6, 6.07) is 11.0. The molecule has 9 heteroatoms. The minimum atomic E-state index is -0.532. The summed E-state index contributed by atoms with van der Waals surface area (Å²) in [5.41, 5.74) is 1.27. The number of halogens is 1. The largest absolute Gasteiger partial charge is 0.325 e. The van der Waals surface area contributed by atoms with Gasteiger partial charge in [-0.3, -0.25) is 14.2 Å². The molecular formula is C20H17FN6O2. The molecule has 4 aromatic rings. The highest BCUT2D eigenvalue weighted by Gasteiger charge is 2.11. The predicted octanol–water partition coefficient (Wildman–Crippen LogP) is 2.45. The van der Waals surface area contributed by atoms with Crippen LogP contribution in [0.25, 0.3) is 22.3 Å². The van der Waals surface area contributed by atoms with Crippen LogP contribution in [-0.2, 0) is 17.9 Å². The van der Waals surface area contributed by atoms with Crippen LogP contribution in [0, 0.1) is 5.82 Å². The van der Waals surface area contributed by atoms with Crippen molar-refractivity contribution in [3.05, 3.63) is 71.3 Å². The van der Waals surface area contributed by atoms with Gasteiger partial charge >= 0.3 is 0 Å². The molecule has 0 fully saturated rings. The molecule has 2 aromatic heterocycles.